The molecule has 0 N–H and O–H groups in total. The molecular weight excluding hydrogens is 424 g/mol. The maximum atomic E-state index is 12.6. The Kier molecular flexibility index (Phi) is 5.74. The predicted octanol–water partition coefficient (Wildman–Crippen LogP) is 4.81. The van der Waals surface area contributed by atoms with Crippen LogP contribution in [0.3, 0.4) is 0 Å². The number of thiazole rings is 1. The van der Waals surface area contributed by atoms with Crippen LogP contribution in [-0.2, 0) is 11.3 Å². The number of nitrogens with zero attached hydrogens (tertiary/aromatic N) is 2. The Labute approximate surface area is 162 Å². The van der Waals surface area contributed by atoms with Crippen molar-refractivity contribution in [3.8, 4) is 0 Å². The fourth-order valence-electron chi connectivity index (χ4n) is 2.57. The summed E-state index contributed by atoms with van der Waals surface area (Å²) in [7, 11) is 1.65. The van der Waals surface area contributed by atoms with Gasteiger partial charge in [0.05, 0.1) is 22.4 Å². The highest BCUT2D eigenvalue weighted by molar-refractivity contribution is 9.10. The van der Waals surface area contributed by atoms with Gasteiger partial charge in [0.25, 0.3) is 5.91 Å². The molecule has 7 heteroatoms. The summed E-state index contributed by atoms with van der Waals surface area (Å²) < 4.78 is 8.98. The SMILES string of the molecule is COCCn1c(=NC(=O)c2ccccc2Br)sc2ccc(Cl)c(C)c21. The third-order valence-corrected chi connectivity index (χ3v) is 5.99. The lowest BCUT2D eigenvalue weighted by Gasteiger charge is -2.07. The molecule has 0 atom stereocenters. The average Bonchev–Trinajstić information content (AvgIpc) is 2.94. The normalized spacial score (nSPS) is 12.1. The molecule has 1 amide bonds. The number of aryl methyl sites for hydroxylation is 1. The van der Waals surface area contributed by atoms with E-state index in [2.05, 4.69) is 20.9 Å². The molecular formula is C18H16BrClN2O2S. The third kappa shape index (κ3) is 3.72. The Balaban J connectivity index is 2.19. The maximum Gasteiger partial charge on any atom is 0.280 e. The maximum absolute atomic E-state index is 12.6. The average molecular weight is 440 g/mol. The topological polar surface area (TPSA) is 43.6 Å². The number of hydrogen-bond donors (Lipinski definition) is 0. The molecule has 4 nitrogen and oxygen atoms in total. The van der Waals surface area contributed by atoms with Gasteiger partial charge in [-0.05, 0) is 52.7 Å². The van der Waals surface area contributed by atoms with Crippen LogP contribution in [0, 0.1) is 6.92 Å². The molecule has 0 fully saturated rings. The van der Waals surface area contributed by atoms with Crippen LogP contribution in [-0.4, -0.2) is 24.2 Å². The van der Waals surface area contributed by atoms with Crippen LogP contribution in [0.2, 0.25) is 5.02 Å². The lowest BCUT2D eigenvalue weighted by atomic mass is 10.2. The second-order valence-corrected chi connectivity index (χ2v) is 7.72. The minimum Gasteiger partial charge on any atom is -0.383 e. The molecule has 2 aromatic carbocycles. The van der Waals surface area contributed by atoms with Crippen molar-refractivity contribution in [2.75, 3.05) is 13.7 Å². The monoisotopic (exact) mass is 438 g/mol. The zero-order valence-corrected chi connectivity index (χ0v) is 16.9. The van der Waals surface area contributed by atoms with Gasteiger partial charge in [0, 0.05) is 23.1 Å². The van der Waals surface area contributed by atoms with Gasteiger partial charge in [-0.25, -0.2) is 0 Å². The van der Waals surface area contributed by atoms with E-state index in [1.165, 1.54) is 11.3 Å². The van der Waals surface area contributed by atoms with Crippen LogP contribution in [0.5, 0.6) is 0 Å². The first-order valence-corrected chi connectivity index (χ1v) is 9.62. The largest absolute Gasteiger partial charge is 0.383 e. The molecule has 0 aliphatic rings. The van der Waals surface area contributed by atoms with Gasteiger partial charge in [0.15, 0.2) is 4.80 Å². The van der Waals surface area contributed by atoms with Crippen molar-refractivity contribution in [1.29, 1.82) is 0 Å². The number of carbonyl (C=O) groups is 1. The lowest BCUT2D eigenvalue weighted by Crippen LogP contribution is -2.20. The van der Waals surface area contributed by atoms with Crippen LogP contribution >= 0.6 is 38.9 Å². The molecule has 25 heavy (non-hydrogen) atoms. The van der Waals surface area contributed by atoms with E-state index in [9.17, 15) is 4.79 Å². The first kappa shape index (κ1) is 18.3. The van der Waals surface area contributed by atoms with Crippen molar-refractivity contribution >= 4 is 55.0 Å². The van der Waals surface area contributed by atoms with E-state index in [0.29, 0.717) is 28.5 Å². The Bertz CT molecular complexity index is 1010. The minimum atomic E-state index is -0.283. The number of hydrogen-bond acceptors (Lipinski definition) is 3. The highest BCUT2D eigenvalue weighted by Crippen LogP contribution is 2.27. The van der Waals surface area contributed by atoms with Crippen LogP contribution in [0.4, 0.5) is 0 Å². The molecule has 0 aliphatic heterocycles. The first-order chi connectivity index (χ1) is 12.0. The van der Waals surface area contributed by atoms with Crippen molar-refractivity contribution < 1.29 is 9.53 Å². The fraction of sp³-hybridized carbons (Fsp3) is 0.222. The van der Waals surface area contributed by atoms with E-state index in [0.717, 1.165) is 20.3 Å². The number of carbonyl (C=O) groups excluding carboxylic acids is 1. The van der Waals surface area contributed by atoms with Crippen molar-refractivity contribution in [2.45, 2.75) is 13.5 Å². The van der Waals surface area contributed by atoms with E-state index in [-0.39, 0.29) is 5.91 Å². The van der Waals surface area contributed by atoms with Gasteiger partial charge in [0.2, 0.25) is 0 Å². The first-order valence-electron chi connectivity index (χ1n) is 7.64. The van der Waals surface area contributed by atoms with Gasteiger partial charge in [0.1, 0.15) is 0 Å². The number of rotatable bonds is 4. The number of aromatic nitrogens is 1. The highest BCUT2D eigenvalue weighted by atomic mass is 79.9. The minimum absolute atomic E-state index is 0.283. The standard InChI is InChI=1S/C18H16BrClN2O2S/c1-11-14(20)7-8-15-16(11)22(9-10-24-2)18(25-15)21-17(23)12-5-3-4-6-13(12)19/h3-8H,9-10H2,1-2H3. The van der Waals surface area contributed by atoms with E-state index in [1.54, 1.807) is 13.2 Å². The summed E-state index contributed by atoms with van der Waals surface area (Å²) in [4.78, 5) is 17.6. The summed E-state index contributed by atoms with van der Waals surface area (Å²) in [5.74, 6) is -0.283. The molecule has 3 aromatic rings. The zero-order valence-electron chi connectivity index (χ0n) is 13.8. The summed E-state index contributed by atoms with van der Waals surface area (Å²) in [5, 5.41) is 0.695. The summed E-state index contributed by atoms with van der Waals surface area (Å²) in [6, 6.07) is 11.1. The summed E-state index contributed by atoms with van der Waals surface area (Å²) in [5.41, 5.74) is 2.50. The van der Waals surface area contributed by atoms with Crippen molar-refractivity contribution in [3.63, 3.8) is 0 Å². The van der Waals surface area contributed by atoms with Crippen LogP contribution < -0.4 is 4.80 Å². The summed E-state index contributed by atoms with van der Waals surface area (Å²) >= 11 is 11.2. The van der Waals surface area contributed by atoms with Crippen molar-refractivity contribution in [2.24, 2.45) is 4.99 Å². The van der Waals surface area contributed by atoms with Crippen LogP contribution in [0.25, 0.3) is 10.2 Å². The molecule has 0 bridgehead atoms. The molecule has 0 spiro atoms. The quantitative estimate of drug-likeness (QED) is 0.585. The fourth-order valence-corrected chi connectivity index (χ4v) is 4.29. The summed E-state index contributed by atoms with van der Waals surface area (Å²) in [6.45, 7) is 3.09. The van der Waals surface area contributed by atoms with Crippen molar-refractivity contribution in [1.82, 2.24) is 4.57 Å². The Morgan fingerprint density at radius 1 is 1.32 bits per heavy atom. The Morgan fingerprint density at radius 2 is 2.08 bits per heavy atom. The molecule has 0 saturated heterocycles. The molecule has 0 saturated carbocycles. The molecule has 0 aliphatic carbocycles. The number of fused-ring (bicyclic) bond motifs is 1. The smallest absolute Gasteiger partial charge is 0.280 e. The van der Waals surface area contributed by atoms with Gasteiger partial charge in [-0.2, -0.15) is 4.99 Å². The van der Waals surface area contributed by atoms with Crippen molar-refractivity contribution in [3.05, 3.63) is 61.8 Å². The molecule has 0 radical (unpaired) electrons. The third-order valence-electron chi connectivity index (χ3n) is 3.85. The van der Waals surface area contributed by atoms with E-state index >= 15 is 0 Å². The number of amides is 1. The molecule has 1 aromatic heterocycles. The van der Waals surface area contributed by atoms with Gasteiger partial charge >= 0.3 is 0 Å². The molecule has 130 valence electrons. The second kappa shape index (κ2) is 7.83. The number of methoxy groups -OCH3 is 1. The van der Waals surface area contributed by atoms with Gasteiger partial charge < -0.3 is 9.30 Å². The van der Waals surface area contributed by atoms with Crippen LogP contribution in [0.15, 0.2) is 45.9 Å². The lowest BCUT2D eigenvalue weighted by molar-refractivity contribution is 0.0996. The number of halogens is 2. The van der Waals surface area contributed by atoms with Gasteiger partial charge in [-0.3, -0.25) is 4.79 Å². The van der Waals surface area contributed by atoms with Gasteiger partial charge in [-0.15, -0.1) is 0 Å². The highest BCUT2D eigenvalue weighted by Gasteiger charge is 2.13. The predicted molar refractivity (Wildman–Crippen MR) is 105 cm³/mol. The van der Waals surface area contributed by atoms with E-state index < -0.39 is 0 Å². The molecule has 0 unspecified atom stereocenters. The number of ether oxygens (including phenoxy) is 1. The molecule has 3 rings (SSSR count). The van der Waals surface area contributed by atoms with E-state index in [1.807, 2.05) is 41.8 Å². The van der Waals surface area contributed by atoms with E-state index in [4.69, 9.17) is 16.3 Å². The van der Waals surface area contributed by atoms with Crippen LogP contribution in [0.1, 0.15) is 15.9 Å². The Morgan fingerprint density at radius 3 is 2.80 bits per heavy atom. The number of benzene rings is 2. The second-order valence-electron chi connectivity index (χ2n) is 5.45. The Hall–Kier alpha value is -1.47. The van der Waals surface area contributed by atoms with Gasteiger partial charge in [-0.1, -0.05) is 35.1 Å². The zero-order chi connectivity index (χ0) is 18.0. The molecule has 1 heterocycles. The summed E-state index contributed by atoms with van der Waals surface area (Å²) in [6.07, 6.45) is 0.